The Labute approximate surface area is 146 Å². The smallest absolute Gasteiger partial charge is 0.244 e. The third-order valence-corrected chi connectivity index (χ3v) is 4.84. The molecule has 3 rings (SSSR count). The van der Waals surface area contributed by atoms with Crippen LogP contribution >= 0.6 is 22.7 Å². The van der Waals surface area contributed by atoms with Gasteiger partial charge in [-0.1, -0.05) is 0 Å². The second-order valence-electron chi connectivity index (χ2n) is 4.78. The summed E-state index contributed by atoms with van der Waals surface area (Å²) in [7, 11) is 0. The van der Waals surface area contributed by atoms with E-state index in [9.17, 15) is 4.79 Å². The summed E-state index contributed by atoms with van der Waals surface area (Å²) in [4.78, 5) is 25.5. The van der Waals surface area contributed by atoms with E-state index in [2.05, 4.69) is 20.3 Å². The number of nitrogens with one attached hydrogen (secondary N) is 1. The van der Waals surface area contributed by atoms with Gasteiger partial charge in [-0.2, -0.15) is 0 Å². The number of carbonyl (C=O) groups excluding carboxylic acids is 1. The second-order valence-corrected chi connectivity index (χ2v) is 6.58. The molecule has 0 atom stereocenters. The van der Waals surface area contributed by atoms with E-state index >= 15 is 0 Å². The van der Waals surface area contributed by atoms with Crippen molar-refractivity contribution in [2.45, 2.75) is 13.2 Å². The highest BCUT2D eigenvalue weighted by Gasteiger charge is 2.07. The molecule has 0 saturated carbocycles. The van der Waals surface area contributed by atoms with Gasteiger partial charge in [0.05, 0.1) is 18.8 Å². The molecule has 0 fully saturated rings. The molecular weight excluding hydrogens is 344 g/mol. The quantitative estimate of drug-likeness (QED) is 0.661. The van der Waals surface area contributed by atoms with E-state index in [4.69, 9.17) is 5.11 Å². The molecule has 0 aliphatic carbocycles. The number of thiazole rings is 1. The largest absolute Gasteiger partial charge is 0.392 e. The number of thiophene rings is 1. The Bertz CT molecular complexity index is 843. The number of carbonyl (C=O) groups is 1. The molecule has 8 heteroatoms. The first-order chi connectivity index (χ1) is 11.7. The molecule has 0 aromatic carbocycles. The highest BCUT2D eigenvalue weighted by molar-refractivity contribution is 7.13. The molecule has 24 heavy (non-hydrogen) atoms. The third-order valence-electron chi connectivity index (χ3n) is 3.01. The molecule has 0 unspecified atom stereocenters. The number of aromatic nitrogens is 3. The summed E-state index contributed by atoms with van der Waals surface area (Å²) in [6, 6.07) is 3.60. The Kier molecular flexibility index (Phi) is 5.42. The number of rotatable bonds is 6. The van der Waals surface area contributed by atoms with Gasteiger partial charge in [0, 0.05) is 28.7 Å². The van der Waals surface area contributed by atoms with Crippen LogP contribution in [0.25, 0.3) is 16.9 Å². The average Bonchev–Trinajstić information content (AvgIpc) is 3.28. The lowest BCUT2D eigenvalue weighted by Gasteiger charge is -1.98. The van der Waals surface area contributed by atoms with Crippen LogP contribution in [0, 0.1) is 0 Å². The molecule has 122 valence electrons. The molecule has 3 aromatic heterocycles. The van der Waals surface area contributed by atoms with E-state index in [1.807, 2.05) is 16.8 Å². The van der Waals surface area contributed by atoms with Crippen LogP contribution in [-0.2, 0) is 17.9 Å². The van der Waals surface area contributed by atoms with E-state index in [-0.39, 0.29) is 12.5 Å². The number of aliphatic hydroxyl groups is 1. The molecule has 3 aromatic rings. The summed E-state index contributed by atoms with van der Waals surface area (Å²) in [5.41, 5.74) is 1.61. The molecule has 6 nitrogen and oxygen atoms in total. The predicted octanol–water partition coefficient (Wildman–Crippen LogP) is 2.48. The number of hydrogen-bond donors (Lipinski definition) is 2. The van der Waals surface area contributed by atoms with Gasteiger partial charge in [0.2, 0.25) is 5.91 Å². The van der Waals surface area contributed by atoms with Gasteiger partial charge in [0.1, 0.15) is 0 Å². The Morgan fingerprint density at radius 2 is 2.08 bits per heavy atom. The van der Waals surface area contributed by atoms with E-state index in [0.29, 0.717) is 12.4 Å². The molecule has 0 aliphatic rings. The summed E-state index contributed by atoms with van der Waals surface area (Å²) < 4.78 is 0. The minimum Gasteiger partial charge on any atom is -0.392 e. The Morgan fingerprint density at radius 3 is 2.83 bits per heavy atom. The van der Waals surface area contributed by atoms with E-state index in [1.54, 1.807) is 24.5 Å². The maximum absolute atomic E-state index is 11.9. The van der Waals surface area contributed by atoms with Crippen LogP contribution in [0.5, 0.6) is 0 Å². The lowest BCUT2D eigenvalue weighted by atomic mass is 10.3. The Balaban J connectivity index is 1.54. The summed E-state index contributed by atoms with van der Waals surface area (Å²) in [6.07, 6.45) is 6.54. The van der Waals surface area contributed by atoms with Gasteiger partial charge < -0.3 is 10.4 Å². The van der Waals surface area contributed by atoms with Gasteiger partial charge >= 0.3 is 0 Å². The summed E-state index contributed by atoms with van der Waals surface area (Å²) in [6.45, 7) is 0.354. The van der Waals surface area contributed by atoms with Crippen LogP contribution in [0.2, 0.25) is 0 Å². The number of nitrogens with zero attached hydrogens (tertiary/aromatic N) is 3. The minimum absolute atomic E-state index is 0.00776. The van der Waals surface area contributed by atoms with Crippen LogP contribution in [0.15, 0.2) is 41.4 Å². The third kappa shape index (κ3) is 4.31. The fourth-order valence-corrected chi connectivity index (χ4v) is 3.42. The standard InChI is InChI=1S/C16H14N4O2S2/c21-8-11-6-13(23-9-11)2-3-14(22)19-7-12-10-24-16(20-12)15-17-4-1-5-18-15/h1-6,9-10,21H,7-8H2,(H,19,22)/b3-2+. The molecule has 2 N–H and O–H groups in total. The van der Waals surface area contributed by atoms with Crippen molar-refractivity contribution in [1.82, 2.24) is 20.3 Å². The second kappa shape index (κ2) is 7.91. The van der Waals surface area contributed by atoms with Crippen molar-refractivity contribution >= 4 is 34.7 Å². The normalized spacial score (nSPS) is 11.0. The van der Waals surface area contributed by atoms with E-state index in [0.717, 1.165) is 21.1 Å². The fourth-order valence-electron chi connectivity index (χ4n) is 1.86. The molecule has 0 saturated heterocycles. The van der Waals surface area contributed by atoms with Crippen molar-refractivity contribution in [3.63, 3.8) is 0 Å². The first-order valence-electron chi connectivity index (χ1n) is 7.10. The van der Waals surface area contributed by atoms with Crippen molar-refractivity contribution in [2.75, 3.05) is 0 Å². The molecular formula is C16H14N4O2S2. The zero-order chi connectivity index (χ0) is 16.8. The molecule has 0 spiro atoms. The number of amides is 1. The lowest BCUT2D eigenvalue weighted by Crippen LogP contribution is -2.20. The SMILES string of the molecule is O=C(/C=C/c1cc(CO)cs1)NCc1csc(-c2ncccn2)n1. The monoisotopic (exact) mass is 358 g/mol. The van der Waals surface area contributed by atoms with Gasteiger partial charge in [-0.15, -0.1) is 22.7 Å². The predicted molar refractivity (Wildman–Crippen MR) is 94.3 cm³/mol. The van der Waals surface area contributed by atoms with Gasteiger partial charge in [0.15, 0.2) is 10.8 Å². The van der Waals surface area contributed by atoms with Crippen molar-refractivity contribution in [3.8, 4) is 10.8 Å². The highest BCUT2D eigenvalue weighted by atomic mass is 32.1. The summed E-state index contributed by atoms with van der Waals surface area (Å²) in [5, 5.41) is 16.3. The van der Waals surface area contributed by atoms with Crippen LogP contribution in [0.3, 0.4) is 0 Å². The fraction of sp³-hybridized carbons (Fsp3) is 0.125. The van der Waals surface area contributed by atoms with Crippen LogP contribution in [0.1, 0.15) is 16.1 Å². The highest BCUT2D eigenvalue weighted by Crippen LogP contribution is 2.19. The number of hydrogen-bond acceptors (Lipinski definition) is 7. The lowest BCUT2D eigenvalue weighted by molar-refractivity contribution is -0.116. The van der Waals surface area contributed by atoms with Crippen molar-refractivity contribution in [2.24, 2.45) is 0 Å². The first-order valence-corrected chi connectivity index (χ1v) is 8.86. The molecule has 0 bridgehead atoms. The maximum atomic E-state index is 11.9. The van der Waals surface area contributed by atoms with Gasteiger partial charge in [-0.3, -0.25) is 4.79 Å². The molecule has 0 aliphatic heterocycles. The average molecular weight is 358 g/mol. The molecule has 1 amide bonds. The topological polar surface area (TPSA) is 88.0 Å². The first kappa shape index (κ1) is 16.4. The zero-order valence-corrected chi connectivity index (χ0v) is 14.2. The number of aliphatic hydroxyl groups excluding tert-OH is 1. The van der Waals surface area contributed by atoms with E-state index in [1.165, 1.54) is 28.7 Å². The van der Waals surface area contributed by atoms with E-state index < -0.39 is 0 Å². The zero-order valence-electron chi connectivity index (χ0n) is 12.5. The Hall–Kier alpha value is -2.42. The molecule has 3 heterocycles. The van der Waals surface area contributed by atoms with Crippen LogP contribution in [-0.4, -0.2) is 26.0 Å². The molecule has 0 radical (unpaired) electrons. The van der Waals surface area contributed by atoms with Gasteiger partial charge in [0.25, 0.3) is 0 Å². The van der Waals surface area contributed by atoms with Crippen molar-refractivity contribution in [1.29, 1.82) is 0 Å². The van der Waals surface area contributed by atoms with Crippen molar-refractivity contribution in [3.05, 3.63) is 57.5 Å². The van der Waals surface area contributed by atoms with Crippen molar-refractivity contribution < 1.29 is 9.90 Å². The van der Waals surface area contributed by atoms with Gasteiger partial charge in [-0.25, -0.2) is 15.0 Å². The maximum Gasteiger partial charge on any atom is 0.244 e. The van der Waals surface area contributed by atoms with Crippen LogP contribution < -0.4 is 5.32 Å². The minimum atomic E-state index is -0.195. The summed E-state index contributed by atoms with van der Waals surface area (Å²) >= 11 is 2.92. The van der Waals surface area contributed by atoms with Gasteiger partial charge in [-0.05, 0) is 29.2 Å². The summed E-state index contributed by atoms with van der Waals surface area (Å²) in [5.74, 6) is 0.386. The Morgan fingerprint density at radius 1 is 1.25 bits per heavy atom. The van der Waals surface area contributed by atoms with Crippen LogP contribution in [0.4, 0.5) is 0 Å².